The molecule has 0 saturated heterocycles. The van der Waals surface area contributed by atoms with Crippen LogP contribution in [0.1, 0.15) is 0 Å². The Morgan fingerprint density at radius 3 is 2.92 bits per heavy atom. The lowest BCUT2D eigenvalue weighted by Gasteiger charge is -2.02. The van der Waals surface area contributed by atoms with Crippen LogP contribution < -0.4 is 4.74 Å². The second kappa shape index (κ2) is 2.44. The maximum Gasteiger partial charge on any atom is 0.171 e. The van der Waals surface area contributed by atoms with E-state index < -0.39 is 0 Å². The highest BCUT2D eigenvalue weighted by Gasteiger charge is 2.07. The van der Waals surface area contributed by atoms with Gasteiger partial charge in [-0.15, -0.1) is 0 Å². The Balaban J connectivity index is 2.83. The number of benzene rings is 1. The molecule has 3 heteroatoms. The quantitative estimate of drug-likeness (QED) is 0.702. The van der Waals surface area contributed by atoms with Gasteiger partial charge in [0.25, 0.3) is 0 Å². The molecule has 1 heterocycles. The van der Waals surface area contributed by atoms with Crippen LogP contribution in [-0.2, 0) is 0 Å². The molecule has 2 aromatic rings. The molecule has 0 atom stereocenters. The highest BCUT2D eigenvalue weighted by atomic mass is 16.5. The Kier molecular flexibility index (Phi) is 1.43. The molecule has 0 unspecified atom stereocenters. The molecule has 0 aliphatic rings. The number of ether oxygens (including phenoxy) is 1. The topological polar surface area (TPSA) is 42.6 Å². The van der Waals surface area contributed by atoms with Crippen molar-refractivity contribution in [2.75, 3.05) is 7.11 Å². The maximum atomic E-state index is 9.36. The van der Waals surface area contributed by atoms with Crippen molar-refractivity contribution in [3.63, 3.8) is 0 Å². The van der Waals surface area contributed by atoms with Gasteiger partial charge in [0.15, 0.2) is 11.5 Å². The van der Waals surface area contributed by atoms with E-state index in [1.54, 1.807) is 24.5 Å². The number of rotatable bonds is 1. The van der Waals surface area contributed by atoms with E-state index in [1.807, 2.05) is 0 Å². The molecular weight excluding hydrogens is 156 g/mol. The first kappa shape index (κ1) is 7.03. The summed E-state index contributed by atoms with van der Waals surface area (Å²) in [5.41, 5.74) is 0.713. The number of methoxy groups -OCH3 is 1. The fraction of sp³-hybridized carbons (Fsp3) is 0.111. The number of furan rings is 1. The molecule has 0 aliphatic carbocycles. The number of fused-ring (bicyclic) bond motifs is 1. The number of phenols is 1. The van der Waals surface area contributed by atoms with Crippen molar-refractivity contribution in [3.8, 4) is 11.5 Å². The van der Waals surface area contributed by atoms with Crippen molar-refractivity contribution in [1.29, 1.82) is 0 Å². The molecule has 0 fully saturated rings. The predicted octanol–water partition coefficient (Wildman–Crippen LogP) is 2.15. The molecule has 1 N–H and O–H groups in total. The summed E-state index contributed by atoms with van der Waals surface area (Å²) in [7, 11) is 1.52. The monoisotopic (exact) mass is 164 g/mol. The zero-order chi connectivity index (χ0) is 8.55. The predicted molar refractivity (Wildman–Crippen MR) is 44.4 cm³/mol. The van der Waals surface area contributed by atoms with Gasteiger partial charge in [0.05, 0.1) is 18.8 Å². The summed E-state index contributed by atoms with van der Waals surface area (Å²) in [4.78, 5) is 0. The summed E-state index contributed by atoms with van der Waals surface area (Å²) in [6.07, 6.45) is 1.56. The van der Waals surface area contributed by atoms with Crippen LogP contribution in [0.2, 0.25) is 0 Å². The van der Waals surface area contributed by atoms with Crippen LogP contribution in [0.4, 0.5) is 0 Å². The van der Waals surface area contributed by atoms with Gasteiger partial charge in [0.2, 0.25) is 0 Å². The van der Waals surface area contributed by atoms with Gasteiger partial charge in [0.1, 0.15) is 5.58 Å². The number of hydrogen-bond acceptors (Lipinski definition) is 3. The molecule has 0 saturated carbocycles. The minimum absolute atomic E-state index is 0.131. The molecule has 1 aromatic carbocycles. The fourth-order valence-electron chi connectivity index (χ4n) is 1.22. The molecule has 0 spiro atoms. The Hall–Kier alpha value is -1.64. The molecule has 0 radical (unpaired) electrons. The average Bonchev–Trinajstić information content (AvgIpc) is 2.52. The molecule has 0 aliphatic heterocycles. The van der Waals surface area contributed by atoms with Crippen molar-refractivity contribution in [3.05, 3.63) is 24.5 Å². The Bertz CT molecular complexity index is 403. The van der Waals surface area contributed by atoms with Crippen LogP contribution in [-0.4, -0.2) is 12.2 Å². The largest absolute Gasteiger partial charge is 0.504 e. The minimum atomic E-state index is 0.131. The molecule has 62 valence electrons. The molecule has 12 heavy (non-hydrogen) atoms. The van der Waals surface area contributed by atoms with Gasteiger partial charge in [-0.25, -0.2) is 0 Å². The van der Waals surface area contributed by atoms with Crippen molar-refractivity contribution in [1.82, 2.24) is 0 Å². The van der Waals surface area contributed by atoms with Crippen LogP contribution >= 0.6 is 0 Å². The van der Waals surface area contributed by atoms with Crippen LogP contribution in [0.5, 0.6) is 11.5 Å². The van der Waals surface area contributed by atoms with Crippen molar-refractivity contribution in [2.24, 2.45) is 0 Å². The summed E-state index contributed by atoms with van der Waals surface area (Å²) < 4.78 is 10.1. The van der Waals surface area contributed by atoms with Crippen LogP contribution in [0.15, 0.2) is 28.9 Å². The van der Waals surface area contributed by atoms with Crippen LogP contribution in [0, 0.1) is 0 Å². The molecule has 2 rings (SSSR count). The van der Waals surface area contributed by atoms with E-state index in [2.05, 4.69) is 0 Å². The average molecular weight is 164 g/mol. The van der Waals surface area contributed by atoms with Crippen molar-refractivity contribution in [2.45, 2.75) is 0 Å². The van der Waals surface area contributed by atoms with Crippen molar-refractivity contribution < 1.29 is 14.3 Å². The second-order valence-corrected chi connectivity index (χ2v) is 2.45. The maximum absolute atomic E-state index is 9.36. The number of hydrogen-bond donors (Lipinski definition) is 1. The highest BCUT2D eigenvalue weighted by molar-refractivity contribution is 5.86. The van der Waals surface area contributed by atoms with Gasteiger partial charge in [-0.3, -0.25) is 0 Å². The zero-order valence-corrected chi connectivity index (χ0v) is 6.57. The summed E-state index contributed by atoms with van der Waals surface area (Å²) in [5.74, 6) is 0.590. The first-order chi connectivity index (χ1) is 5.83. The summed E-state index contributed by atoms with van der Waals surface area (Å²) in [6, 6.07) is 5.01. The summed E-state index contributed by atoms with van der Waals surface area (Å²) in [6.45, 7) is 0. The SMILES string of the molecule is COc1c(O)ccc2occc12. The molecule has 0 amide bonds. The molecule has 0 bridgehead atoms. The van der Waals surface area contributed by atoms with E-state index in [0.717, 1.165) is 5.39 Å². The van der Waals surface area contributed by atoms with Gasteiger partial charge < -0.3 is 14.3 Å². The van der Waals surface area contributed by atoms with Crippen molar-refractivity contribution >= 4 is 11.0 Å². The summed E-state index contributed by atoms with van der Waals surface area (Å²) >= 11 is 0. The third kappa shape index (κ3) is 0.830. The molecule has 1 aromatic heterocycles. The van der Waals surface area contributed by atoms with E-state index in [-0.39, 0.29) is 5.75 Å². The van der Waals surface area contributed by atoms with E-state index >= 15 is 0 Å². The third-order valence-corrected chi connectivity index (χ3v) is 1.77. The first-order valence-corrected chi connectivity index (χ1v) is 3.56. The highest BCUT2D eigenvalue weighted by Crippen LogP contribution is 2.34. The zero-order valence-electron chi connectivity index (χ0n) is 6.57. The fourth-order valence-corrected chi connectivity index (χ4v) is 1.22. The van der Waals surface area contributed by atoms with Crippen LogP contribution in [0.25, 0.3) is 11.0 Å². The normalized spacial score (nSPS) is 10.4. The van der Waals surface area contributed by atoms with Gasteiger partial charge in [-0.1, -0.05) is 0 Å². The van der Waals surface area contributed by atoms with Crippen LogP contribution in [0.3, 0.4) is 0 Å². The van der Waals surface area contributed by atoms with Gasteiger partial charge in [0, 0.05) is 0 Å². The minimum Gasteiger partial charge on any atom is -0.504 e. The Labute approximate surface area is 69.2 Å². The van der Waals surface area contributed by atoms with Gasteiger partial charge in [-0.05, 0) is 18.2 Å². The van der Waals surface area contributed by atoms with Gasteiger partial charge in [-0.2, -0.15) is 0 Å². The van der Waals surface area contributed by atoms with E-state index in [4.69, 9.17) is 9.15 Å². The number of aromatic hydroxyl groups is 1. The molecule has 3 nitrogen and oxygen atoms in total. The third-order valence-electron chi connectivity index (χ3n) is 1.77. The smallest absolute Gasteiger partial charge is 0.171 e. The summed E-state index contributed by atoms with van der Waals surface area (Å²) in [5, 5.41) is 10.1. The van der Waals surface area contributed by atoms with E-state index in [1.165, 1.54) is 7.11 Å². The Morgan fingerprint density at radius 2 is 2.17 bits per heavy atom. The second-order valence-electron chi connectivity index (χ2n) is 2.45. The molecular formula is C9H8O3. The van der Waals surface area contributed by atoms with E-state index in [9.17, 15) is 5.11 Å². The Morgan fingerprint density at radius 1 is 1.33 bits per heavy atom. The lowest BCUT2D eigenvalue weighted by Crippen LogP contribution is -1.83. The lowest BCUT2D eigenvalue weighted by atomic mass is 10.2. The van der Waals surface area contributed by atoms with Gasteiger partial charge >= 0.3 is 0 Å². The lowest BCUT2D eigenvalue weighted by molar-refractivity contribution is 0.378. The van der Waals surface area contributed by atoms with E-state index in [0.29, 0.717) is 11.3 Å². The standard InChI is InChI=1S/C9H8O3/c1-11-9-6-4-5-12-8(6)3-2-7(9)10/h2-5,10H,1H3. The number of phenolic OH excluding ortho intramolecular Hbond substituents is 1. The first-order valence-electron chi connectivity index (χ1n) is 3.56.